The van der Waals surface area contributed by atoms with Crippen molar-refractivity contribution in [3.8, 4) is 0 Å². The number of thiazole rings is 1. The molecule has 0 atom stereocenters. The van der Waals surface area contributed by atoms with Gasteiger partial charge in [0.15, 0.2) is 0 Å². The van der Waals surface area contributed by atoms with Crippen molar-refractivity contribution in [1.82, 2.24) is 4.98 Å². The Morgan fingerprint density at radius 3 is 2.82 bits per heavy atom. The summed E-state index contributed by atoms with van der Waals surface area (Å²) in [5, 5.41) is 2.49. The van der Waals surface area contributed by atoms with Gasteiger partial charge in [0.25, 0.3) is 10.1 Å². The second-order valence-electron chi connectivity index (χ2n) is 1.96. The number of rotatable bonds is 3. The summed E-state index contributed by atoms with van der Waals surface area (Å²) in [6, 6.07) is 0. The molecule has 0 aromatic carbocycles. The minimum atomic E-state index is -3.83. The van der Waals surface area contributed by atoms with Gasteiger partial charge in [-0.25, -0.2) is 4.98 Å². The minimum Gasteiger partial charge on any atom is -0.286 e. The van der Waals surface area contributed by atoms with Crippen molar-refractivity contribution in [2.75, 3.05) is 5.75 Å². The molecule has 0 bridgehead atoms. The predicted octanol–water partition coefficient (Wildman–Crippen LogP) is 0.573. The average Bonchev–Trinajstić information content (AvgIpc) is 2.32. The summed E-state index contributed by atoms with van der Waals surface area (Å²) in [5.41, 5.74) is 0. The van der Waals surface area contributed by atoms with Gasteiger partial charge in [0.05, 0.1) is 10.8 Å². The fourth-order valence-electron chi connectivity index (χ4n) is 0.593. The van der Waals surface area contributed by atoms with Crippen LogP contribution in [0.5, 0.6) is 0 Å². The first-order chi connectivity index (χ1) is 5.08. The zero-order chi connectivity index (χ0) is 8.32. The first kappa shape index (κ1) is 8.63. The Kier molecular flexibility index (Phi) is 2.58. The van der Waals surface area contributed by atoms with Gasteiger partial charge in [0.1, 0.15) is 0 Å². The molecule has 1 heterocycles. The van der Waals surface area contributed by atoms with Crippen LogP contribution in [0.15, 0.2) is 11.6 Å². The largest absolute Gasteiger partial charge is 0.286 e. The Labute approximate surface area is 68.6 Å². The highest BCUT2D eigenvalue weighted by Crippen LogP contribution is 2.05. The third-order valence-electron chi connectivity index (χ3n) is 1.06. The molecule has 0 fully saturated rings. The maximum Gasteiger partial charge on any atom is 0.265 e. The van der Waals surface area contributed by atoms with Crippen LogP contribution in [0.25, 0.3) is 0 Å². The van der Waals surface area contributed by atoms with Gasteiger partial charge in [-0.15, -0.1) is 11.3 Å². The van der Waals surface area contributed by atoms with Crippen LogP contribution in [0.4, 0.5) is 0 Å². The molecule has 6 heteroatoms. The van der Waals surface area contributed by atoms with Crippen LogP contribution in [0.2, 0.25) is 0 Å². The fraction of sp³-hybridized carbons (Fsp3) is 0.400. The average molecular weight is 193 g/mol. The molecule has 0 unspecified atom stereocenters. The summed E-state index contributed by atoms with van der Waals surface area (Å²) in [6.07, 6.45) is 1.89. The Morgan fingerprint density at radius 1 is 1.64 bits per heavy atom. The lowest BCUT2D eigenvalue weighted by Crippen LogP contribution is -2.06. The van der Waals surface area contributed by atoms with E-state index in [1.54, 1.807) is 11.6 Å². The van der Waals surface area contributed by atoms with Gasteiger partial charge in [0, 0.05) is 18.0 Å². The van der Waals surface area contributed by atoms with Crippen molar-refractivity contribution >= 4 is 21.5 Å². The molecule has 11 heavy (non-hydrogen) atoms. The van der Waals surface area contributed by atoms with E-state index in [0.717, 1.165) is 5.01 Å². The van der Waals surface area contributed by atoms with Crippen LogP contribution in [-0.4, -0.2) is 23.7 Å². The Morgan fingerprint density at radius 2 is 2.36 bits per heavy atom. The third-order valence-corrected chi connectivity index (χ3v) is 2.62. The lowest BCUT2D eigenvalue weighted by molar-refractivity contribution is 0.482. The van der Waals surface area contributed by atoms with E-state index in [1.165, 1.54) is 11.3 Å². The second kappa shape index (κ2) is 3.29. The van der Waals surface area contributed by atoms with Crippen molar-refractivity contribution in [2.45, 2.75) is 6.42 Å². The van der Waals surface area contributed by atoms with Crippen LogP contribution in [0, 0.1) is 0 Å². The van der Waals surface area contributed by atoms with E-state index in [0.29, 0.717) is 0 Å². The van der Waals surface area contributed by atoms with E-state index in [2.05, 4.69) is 4.98 Å². The molecule has 0 radical (unpaired) electrons. The number of nitrogens with zero attached hydrogens (tertiary/aromatic N) is 1. The molecule has 1 aromatic heterocycles. The zero-order valence-electron chi connectivity index (χ0n) is 5.60. The molecule has 0 aliphatic rings. The van der Waals surface area contributed by atoms with Gasteiger partial charge in [-0.1, -0.05) is 0 Å². The Balaban J connectivity index is 2.48. The molecule has 1 rings (SSSR count). The highest BCUT2D eigenvalue weighted by molar-refractivity contribution is 7.85. The molecule has 1 aromatic rings. The molecular formula is C5H7NO3S2. The van der Waals surface area contributed by atoms with Crippen LogP contribution < -0.4 is 0 Å². The van der Waals surface area contributed by atoms with Crippen molar-refractivity contribution in [3.63, 3.8) is 0 Å². The number of hydrogen-bond donors (Lipinski definition) is 1. The van der Waals surface area contributed by atoms with E-state index in [9.17, 15) is 8.42 Å². The van der Waals surface area contributed by atoms with Gasteiger partial charge in [-0.3, -0.25) is 4.55 Å². The summed E-state index contributed by atoms with van der Waals surface area (Å²) in [5.74, 6) is -0.249. The summed E-state index contributed by atoms with van der Waals surface area (Å²) < 4.78 is 28.9. The molecule has 0 spiro atoms. The third kappa shape index (κ3) is 3.45. The molecule has 4 nitrogen and oxygen atoms in total. The Bertz CT molecular complexity index is 302. The lowest BCUT2D eigenvalue weighted by atomic mass is 10.5. The van der Waals surface area contributed by atoms with Gasteiger partial charge >= 0.3 is 0 Å². The molecule has 0 saturated heterocycles. The van der Waals surface area contributed by atoms with Gasteiger partial charge < -0.3 is 0 Å². The van der Waals surface area contributed by atoms with Crippen LogP contribution in [0.1, 0.15) is 5.01 Å². The van der Waals surface area contributed by atoms with E-state index in [1.807, 2.05) is 0 Å². The molecular weight excluding hydrogens is 186 g/mol. The van der Waals surface area contributed by atoms with E-state index >= 15 is 0 Å². The first-order valence-electron chi connectivity index (χ1n) is 2.91. The summed E-state index contributed by atoms with van der Waals surface area (Å²) >= 11 is 1.38. The zero-order valence-corrected chi connectivity index (χ0v) is 7.23. The second-order valence-corrected chi connectivity index (χ2v) is 4.51. The van der Waals surface area contributed by atoms with E-state index in [4.69, 9.17) is 4.55 Å². The van der Waals surface area contributed by atoms with Crippen LogP contribution >= 0.6 is 11.3 Å². The molecule has 0 saturated carbocycles. The van der Waals surface area contributed by atoms with E-state index in [-0.39, 0.29) is 12.2 Å². The van der Waals surface area contributed by atoms with Crippen molar-refractivity contribution < 1.29 is 13.0 Å². The molecule has 1 N–H and O–H groups in total. The maximum absolute atomic E-state index is 10.3. The summed E-state index contributed by atoms with van der Waals surface area (Å²) in [6.45, 7) is 0. The van der Waals surface area contributed by atoms with Crippen LogP contribution in [0.3, 0.4) is 0 Å². The molecule has 0 aliphatic heterocycles. The number of aromatic nitrogens is 1. The highest BCUT2D eigenvalue weighted by atomic mass is 32.2. The summed E-state index contributed by atoms with van der Waals surface area (Å²) in [7, 11) is -3.83. The van der Waals surface area contributed by atoms with Crippen molar-refractivity contribution in [1.29, 1.82) is 0 Å². The number of aryl methyl sites for hydroxylation is 1. The van der Waals surface area contributed by atoms with Crippen LogP contribution in [-0.2, 0) is 16.5 Å². The normalized spacial score (nSPS) is 11.7. The maximum atomic E-state index is 10.3. The molecule has 62 valence electrons. The lowest BCUT2D eigenvalue weighted by Gasteiger charge is -1.91. The van der Waals surface area contributed by atoms with E-state index < -0.39 is 10.1 Å². The predicted molar refractivity (Wildman–Crippen MR) is 42.2 cm³/mol. The monoisotopic (exact) mass is 193 g/mol. The van der Waals surface area contributed by atoms with Crippen molar-refractivity contribution in [2.24, 2.45) is 0 Å². The number of hydrogen-bond acceptors (Lipinski definition) is 4. The smallest absolute Gasteiger partial charge is 0.265 e. The molecule has 0 aliphatic carbocycles. The minimum absolute atomic E-state index is 0.249. The SMILES string of the molecule is O=S(=O)(O)CCc1nccs1. The van der Waals surface area contributed by atoms with Gasteiger partial charge in [-0.05, 0) is 0 Å². The Hall–Kier alpha value is -0.460. The first-order valence-corrected chi connectivity index (χ1v) is 5.40. The standard InChI is InChI=1S/C5H7NO3S2/c7-11(8,9)4-1-5-6-2-3-10-5/h2-3H,1,4H2,(H,7,8,9). The molecule has 0 amide bonds. The van der Waals surface area contributed by atoms with Crippen molar-refractivity contribution in [3.05, 3.63) is 16.6 Å². The quantitative estimate of drug-likeness (QED) is 0.713. The van der Waals surface area contributed by atoms with Gasteiger partial charge in [-0.2, -0.15) is 8.42 Å². The topological polar surface area (TPSA) is 67.3 Å². The van der Waals surface area contributed by atoms with Gasteiger partial charge in [0.2, 0.25) is 0 Å². The summed E-state index contributed by atoms with van der Waals surface area (Å²) in [4.78, 5) is 3.86. The fourth-order valence-corrected chi connectivity index (χ4v) is 1.79. The highest BCUT2D eigenvalue weighted by Gasteiger charge is 2.05.